The fourth-order valence-corrected chi connectivity index (χ4v) is 3.86. The highest BCUT2D eigenvalue weighted by atomic mass is 79.9. The highest BCUT2D eigenvalue weighted by Gasteiger charge is 2.15. The van der Waals surface area contributed by atoms with Gasteiger partial charge in [0.2, 0.25) is 0 Å². The minimum atomic E-state index is -0.0439. The predicted molar refractivity (Wildman–Crippen MR) is 96.6 cm³/mol. The molecule has 0 aliphatic carbocycles. The Labute approximate surface area is 146 Å². The van der Waals surface area contributed by atoms with Crippen molar-refractivity contribution in [1.82, 2.24) is 9.55 Å². The number of halogens is 1. The lowest BCUT2D eigenvalue weighted by Gasteiger charge is -2.07. The number of hydrogen-bond acceptors (Lipinski definition) is 4. The number of rotatable bonds is 4. The van der Waals surface area contributed by atoms with Crippen LogP contribution in [0.5, 0.6) is 0 Å². The van der Waals surface area contributed by atoms with E-state index in [0.29, 0.717) is 24.8 Å². The van der Waals surface area contributed by atoms with Crippen LogP contribution in [0.1, 0.15) is 18.4 Å². The number of aromatic nitrogens is 2. The van der Waals surface area contributed by atoms with Gasteiger partial charge in [-0.3, -0.25) is 9.36 Å². The average molecular weight is 388 g/mol. The van der Waals surface area contributed by atoms with Gasteiger partial charge in [0.1, 0.15) is 4.83 Å². The SMILES string of the molecule is Cc1ccc(Br)c(-c2csc3ncn(CCCC#N)c(=O)c23)c1. The maximum absolute atomic E-state index is 12.8. The van der Waals surface area contributed by atoms with Crippen LogP contribution in [0.2, 0.25) is 0 Å². The highest BCUT2D eigenvalue weighted by molar-refractivity contribution is 9.10. The maximum Gasteiger partial charge on any atom is 0.262 e. The first-order chi connectivity index (χ1) is 11.1. The van der Waals surface area contributed by atoms with Gasteiger partial charge in [-0.05, 0) is 25.0 Å². The lowest BCUT2D eigenvalue weighted by Crippen LogP contribution is -2.20. The first-order valence-corrected chi connectivity index (χ1v) is 8.89. The summed E-state index contributed by atoms with van der Waals surface area (Å²) >= 11 is 5.05. The smallest absolute Gasteiger partial charge is 0.262 e. The van der Waals surface area contributed by atoms with Crippen LogP contribution in [0.15, 0.2) is 39.2 Å². The molecule has 23 heavy (non-hydrogen) atoms. The van der Waals surface area contributed by atoms with E-state index >= 15 is 0 Å². The molecule has 0 N–H and O–H groups in total. The fraction of sp³-hybridized carbons (Fsp3) is 0.235. The topological polar surface area (TPSA) is 58.7 Å². The largest absolute Gasteiger partial charge is 0.299 e. The van der Waals surface area contributed by atoms with Crippen LogP contribution in [0, 0.1) is 18.3 Å². The molecule has 0 aliphatic heterocycles. The van der Waals surface area contributed by atoms with Crippen LogP contribution in [0.25, 0.3) is 21.3 Å². The molecule has 6 heteroatoms. The average Bonchev–Trinajstić information content (AvgIpc) is 2.97. The number of nitriles is 1. The molecule has 4 nitrogen and oxygen atoms in total. The third-order valence-corrected chi connectivity index (χ3v) is 5.24. The number of fused-ring (bicyclic) bond motifs is 1. The van der Waals surface area contributed by atoms with Gasteiger partial charge >= 0.3 is 0 Å². The van der Waals surface area contributed by atoms with Crippen molar-refractivity contribution < 1.29 is 0 Å². The van der Waals surface area contributed by atoms with Crippen molar-refractivity contribution in [3.63, 3.8) is 0 Å². The fourth-order valence-electron chi connectivity index (χ4n) is 2.50. The van der Waals surface area contributed by atoms with Crippen molar-refractivity contribution in [2.45, 2.75) is 26.3 Å². The number of aryl methyl sites for hydroxylation is 2. The molecule has 0 radical (unpaired) electrons. The molecule has 0 fully saturated rings. The van der Waals surface area contributed by atoms with Gasteiger partial charge < -0.3 is 0 Å². The van der Waals surface area contributed by atoms with Gasteiger partial charge in [-0.2, -0.15) is 5.26 Å². The summed E-state index contributed by atoms with van der Waals surface area (Å²) in [6, 6.07) is 8.19. The number of unbranched alkanes of at least 4 members (excludes halogenated alkanes) is 1. The number of thiophene rings is 1. The van der Waals surface area contributed by atoms with Gasteiger partial charge in [-0.1, -0.05) is 33.6 Å². The summed E-state index contributed by atoms with van der Waals surface area (Å²) in [5.74, 6) is 0. The van der Waals surface area contributed by atoms with Crippen LogP contribution in [-0.2, 0) is 6.54 Å². The summed E-state index contributed by atoms with van der Waals surface area (Å²) in [6.45, 7) is 2.54. The summed E-state index contributed by atoms with van der Waals surface area (Å²) in [7, 11) is 0. The molecule has 0 atom stereocenters. The Balaban J connectivity index is 2.16. The molecule has 1 aromatic carbocycles. The van der Waals surface area contributed by atoms with E-state index in [-0.39, 0.29) is 5.56 Å². The van der Waals surface area contributed by atoms with Gasteiger partial charge in [-0.15, -0.1) is 11.3 Å². The molecule has 3 aromatic rings. The molecule has 3 rings (SSSR count). The minimum Gasteiger partial charge on any atom is -0.299 e. The Hall–Kier alpha value is -1.97. The molecule has 2 aromatic heterocycles. The molecule has 0 saturated heterocycles. The van der Waals surface area contributed by atoms with Crippen molar-refractivity contribution in [3.05, 3.63) is 50.3 Å². The van der Waals surface area contributed by atoms with Gasteiger partial charge in [0.05, 0.1) is 17.8 Å². The third kappa shape index (κ3) is 3.07. The first-order valence-electron chi connectivity index (χ1n) is 7.22. The summed E-state index contributed by atoms with van der Waals surface area (Å²) in [4.78, 5) is 18.0. The zero-order chi connectivity index (χ0) is 16.4. The second kappa shape index (κ2) is 6.65. The van der Waals surface area contributed by atoms with Crippen molar-refractivity contribution >= 4 is 37.5 Å². The normalized spacial score (nSPS) is 10.8. The van der Waals surface area contributed by atoms with Crippen LogP contribution >= 0.6 is 27.3 Å². The molecular weight excluding hydrogens is 374 g/mol. The van der Waals surface area contributed by atoms with E-state index in [1.165, 1.54) is 11.3 Å². The quantitative estimate of drug-likeness (QED) is 0.619. The van der Waals surface area contributed by atoms with Crippen molar-refractivity contribution in [3.8, 4) is 17.2 Å². The zero-order valence-corrected chi connectivity index (χ0v) is 14.9. The molecule has 0 unspecified atom stereocenters. The Bertz CT molecular complexity index is 968. The van der Waals surface area contributed by atoms with Crippen molar-refractivity contribution in [1.29, 1.82) is 5.26 Å². The molecule has 0 spiro atoms. The van der Waals surface area contributed by atoms with E-state index in [2.05, 4.69) is 33.0 Å². The molecule has 0 amide bonds. The summed E-state index contributed by atoms with van der Waals surface area (Å²) < 4.78 is 2.56. The van der Waals surface area contributed by atoms with Gasteiger partial charge in [-0.25, -0.2) is 4.98 Å². The van der Waals surface area contributed by atoms with Crippen LogP contribution < -0.4 is 5.56 Å². The molecule has 0 bridgehead atoms. The van der Waals surface area contributed by atoms with Gasteiger partial charge in [0, 0.05) is 28.4 Å². The third-order valence-electron chi connectivity index (χ3n) is 3.66. The lowest BCUT2D eigenvalue weighted by molar-refractivity contribution is 0.627. The maximum atomic E-state index is 12.8. The van der Waals surface area contributed by atoms with Gasteiger partial charge in [0.25, 0.3) is 5.56 Å². The number of hydrogen-bond donors (Lipinski definition) is 0. The molecule has 116 valence electrons. The Morgan fingerprint density at radius 2 is 2.22 bits per heavy atom. The second-order valence-electron chi connectivity index (χ2n) is 5.32. The van der Waals surface area contributed by atoms with Crippen molar-refractivity contribution in [2.75, 3.05) is 0 Å². The standard InChI is InChI=1S/C17H14BrN3OS/c1-11-4-5-14(18)12(8-11)13-9-23-16-15(13)17(22)21(10-20-16)7-3-2-6-19/h4-5,8-10H,2-3,7H2,1H3. The summed E-state index contributed by atoms with van der Waals surface area (Å²) in [6.07, 6.45) is 2.66. The van der Waals surface area contributed by atoms with E-state index in [9.17, 15) is 4.79 Å². The molecule has 0 aliphatic rings. The molecule has 2 heterocycles. The Morgan fingerprint density at radius 3 is 3.00 bits per heavy atom. The molecular formula is C17H14BrN3OS. The van der Waals surface area contributed by atoms with Crippen LogP contribution in [-0.4, -0.2) is 9.55 Å². The lowest BCUT2D eigenvalue weighted by atomic mass is 10.0. The Kier molecular flexibility index (Phi) is 4.60. The van der Waals surface area contributed by atoms with E-state index in [4.69, 9.17) is 5.26 Å². The van der Waals surface area contributed by atoms with E-state index in [0.717, 1.165) is 26.0 Å². The summed E-state index contributed by atoms with van der Waals surface area (Å²) in [5, 5.41) is 11.3. The second-order valence-corrected chi connectivity index (χ2v) is 7.03. The van der Waals surface area contributed by atoms with Crippen molar-refractivity contribution in [2.24, 2.45) is 0 Å². The zero-order valence-electron chi connectivity index (χ0n) is 12.5. The highest BCUT2D eigenvalue weighted by Crippen LogP contribution is 2.35. The minimum absolute atomic E-state index is 0.0439. The summed E-state index contributed by atoms with van der Waals surface area (Å²) in [5.41, 5.74) is 3.01. The number of nitrogens with zero attached hydrogens (tertiary/aromatic N) is 3. The van der Waals surface area contributed by atoms with E-state index < -0.39 is 0 Å². The molecule has 0 saturated carbocycles. The number of benzene rings is 1. The first kappa shape index (κ1) is 15.9. The van der Waals surface area contributed by atoms with E-state index in [1.54, 1.807) is 10.9 Å². The van der Waals surface area contributed by atoms with E-state index in [1.807, 2.05) is 24.4 Å². The van der Waals surface area contributed by atoms with Crippen LogP contribution in [0.4, 0.5) is 0 Å². The van der Waals surface area contributed by atoms with Crippen LogP contribution in [0.3, 0.4) is 0 Å². The monoisotopic (exact) mass is 387 g/mol. The van der Waals surface area contributed by atoms with Gasteiger partial charge in [0.15, 0.2) is 0 Å². The Morgan fingerprint density at radius 1 is 1.39 bits per heavy atom. The predicted octanol–water partition coefficient (Wildman–Crippen LogP) is 4.50.